The lowest BCUT2D eigenvalue weighted by Crippen LogP contribution is -2.30. The number of nitrogens with one attached hydrogen (secondary N) is 2. The third-order valence-electron chi connectivity index (χ3n) is 2.51. The number of amides is 1. The Balaban J connectivity index is 2.23. The number of hydrazine groups is 1. The first-order valence-corrected chi connectivity index (χ1v) is 5.84. The number of hydrogen-bond acceptors (Lipinski definition) is 6. The molecular weight excluding hydrogens is 279 g/mol. The summed E-state index contributed by atoms with van der Waals surface area (Å²) in [6.07, 6.45) is 0. The molecule has 0 fully saturated rings. The zero-order valence-corrected chi connectivity index (χ0v) is 11.0. The maximum Gasteiger partial charge on any atom is 0.269 e. The van der Waals surface area contributed by atoms with Crippen molar-refractivity contribution >= 4 is 11.8 Å². The minimum Gasteiger partial charge on any atom is -0.497 e. The van der Waals surface area contributed by atoms with Crippen LogP contribution in [0.4, 0.5) is 10.3 Å². The molecule has 2 N–H and O–H groups in total. The molecule has 8 heteroatoms. The van der Waals surface area contributed by atoms with Gasteiger partial charge in [-0.3, -0.25) is 15.6 Å². The summed E-state index contributed by atoms with van der Waals surface area (Å²) in [6.45, 7) is -1.19. The van der Waals surface area contributed by atoms with Gasteiger partial charge in [-0.25, -0.2) is 4.39 Å². The van der Waals surface area contributed by atoms with Gasteiger partial charge in [-0.1, -0.05) is 0 Å². The van der Waals surface area contributed by atoms with E-state index < -0.39 is 12.6 Å². The van der Waals surface area contributed by atoms with E-state index in [9.17, 15) is 9.18 Å². The zero-order chi connectivity index (χ0) is 15.2. The molecule has 1 heterocycles. The number of ether oxygens (including phenoxy) is 1. The highest BCUT2D eigenvalue weighted by Gasteiger charge is 2.15. The molecule has 0 saturated carbocycles. The number of halogens is 1. The van der Waals surface area contributed by atoms with Gasteiger partial charge >= 0.3 is 0 Å². The third-order valence-corrected chi connectivity index (χ3v) is 2.51. The van der Waals surface area contributed by atoms with Crippen LogP contribution in [0.5, 0.6) is 5.75 Å². The van der Waals surface area contributed by atoms with Gasteiger partial charge in [0.1, 0.15) is 11.8 Å². The minimum atomic E-state index is -1.19. The minimum absolute atomic E-state index is 0.0556. The second kappa shape index (κ2) is 6.38. The molecule has 0 bridgehead atoms. The van der Waals surface area contributed by atoms with Crippen LogP contribution in [-0.4, -0.2) is 24.7 Å². The SMILES string of the molecule is COc1ccc(-c2nc(C#N)c(NNC(=O)CF)o2)cc1. The van der Waals surface area contributed by atoms with Crippen LogP contribution in [0.2, 0.25) is 0 Å². The van der Waals surface area contributed by atoms with Crippen LogP contribution in [0.3, 0.4) is 0 Å². The fourth-order valence-corrected chi connectivity index (χ4v) is 1.50. The van der Waals surface area contributed by atoms with E-state index in [2.05, 4.69) is 10.4 Å². The van der Waals surface area contributed by atoms with Gasteiger partial charge in [-0.2, -0.15) is 10.2 Å². The molecule has 0 radical (unpaired) electrons. The van der Waals surface area contributed by atoms with Gasteiger partial charge < -0.3 is 9.15 Å². The van der Waals surface area contributed by atoms with Crippen molar-refractivity contribution in [1.29, 1.82) is 5.26 Å². The van der Waals surface area contributed by atoms with Crippen molar-refractivity contribution in [3.05, 3.63) is 30.0 Å². The average molecular weight is 290 g/mol. The molecule has 0 spiro atoms. The molecule has 1 aromatic heterocycles. The molecule has 2 aromatic rings. The fraction of sp³-hybridized carbons (Fsp3) is 0.154. The quantitative estimate of drug-likeness (QED) is 0.812. The second-order valence-electron chi connectivity index (χ2n) is 3.84. The largest absolute Gasteiger partial charge is 0.497 e. The number of carbonyl (C=O) groups excluding carboxylic acids is 1. The predicted molar refractivity (Wildman–Crippen MR) is 70.9 cm³/mol. The molecular formula is C13H11FN4O3. The summed E-state index contributed by atoms with van der Waals surface area (Å²) < 4.78 is 22.4. The monoisotopic (exact) mass is 290 g/mol. The lowest BCUT2D eigenvalue weighted by molar-refractivity contribution is -0.121. The van der Waals surface area contributed by atoms with Crippen molar-refractivity contribution in [1.82, 2.24) is 10.4 Å². The topological polar surface area (TPSA) is 100 Å². The molecule has 108 valence electrons. The maximum absolute atomic E-state index is 12.0. The number of aromatic nitrogens is 1. The number of hydrogen-bond donors (Lipinski definition) is 2. The second-order valence-corrected chi connectivity index (χ2v) is 3.84. The van der Waals surface area contributed by atoms with Gasteiger partial charge in [0.25, 0.3) is 11.8 Å². The Labute approximate surface area is 119 Å². The van der Waals surface area contributed by atoms with E-state index in [4.69, 9.17) is 14.4 Å². The van der Waals surface area contributed by atoms with Gasteiger partial charge in [0.05, 0.1) is 7.11 Å². The molecule has 0 aliphatic rings. The van der Waals surface area contributed by atoms with E-state index in [1.807, 2.05) is 11.5 Å². The highest BCUT2D eigenvalue weighted by Crippen LogP contribution is 2.26. The van der Waals surface area contributed by atoms with Crippen LogP contribution in [-0.2, 0) is 4.79 Å². The summed E-state index contributed by atoms with van der Waals surface area (Å²) in [5.74, 6) is -0.100. The van der Waals surface area contributed by atoms with E-state index >= 15 is 0 Å². The first-order valence-electron chi connectivity index (χ1n) is 5.84. The van der Waals surface area contributed by atoms with Crippen LogP contribution < -0.4 is 15.6 Å². The third kappa shape index (κ3) is 3.27. The molecule has 7 nitrogen and oxygen atoms in total. The smallest absolute Gasteiger partial charge is 0.269 e. The maximum atomic E-state index is 12.0. The van der Waals surface area contributed by atoms with Gasteiger partial charge in [0.15, 0.2) is 6.67 Å². The van der Waals surface area contributed by atoms with Crippen LogP contribution in [0.1, 0.15) is 5.69 Å². The van der Waals surface area contributed by atoms with Crippen LogP contribution in [0, 0.1) is 11.3 Å². The Bertz CT molecular complexity index is 676. The molecule has 0 atom stereocenters. The molecule has 0 saturated heterocycles. The Morgan fingerprint density at radius 3 is 2.76 bits per heavy atom. The number of nitriles is 1. The van der Waals surface area contributed by atoms with Crippen molar-refractivity contribution in [2.75, 3.05) is 19.2 Å². The Morgan fingerprint density at radius 2 is 2.19 bits per heavy atom. The van der Waals surface area contributed by atoms with Crippen molar-refractivity contribution in [3.63, 3.8) is 0 Å². The Kier molecular flexibility index (Phi) is 4.36. The van der Waals surface area contributed by atoms with Crippen molar-refractivity contribution in [3.8, 4) is 23.3 Å². The molecule has 1 aromatic carbocycles. The first-order chi connectivity index (χ1) is 10.2. The van der Waals surface area contributed by atoms with Gasteiger partial charge in [0.2, 0.25) is 11.6 Å². The highest BCUT2D eigenvalue weighted by atomic mass is 19.1. The number of nitrogens with zero attached hydrogens (tertiary/aromatic N) is 2. The summed E-state index contributed by atoms with van der Waals surface area (Å²) in [5.41, 5.74) is 4.92. The standard InChI is InChI=1S/C13H11FN4O3/c1-20-9-4-2-8(3-5-9)12-16-10(7-15)13(21-12)18-17-11(19)6-14/h2-5,18H,6H2,1H3,(H,17,19). The lowest BCUT2D eigenvalue weighted by Gasteiger charge is -2.02. The summed E-state index contributed by atoms with van der Waals surface area (Å²) in [6, 6.07) is 8.64. The van der Waals surface area contributed by atoms with E-state index in [1.54, 1.807) is 31.4 Å². The van der Waals surface area contributed by atoms with E-state index in [1.165, 1.54) is 0 Å². The molecule has 0 unspecified atom stereocenters. The molecule has 0 aliphatic carbocycles. The summed E-state index contributed by atoms with van der Waals surface area (Å²) >= 11 is 0. The number of alkyl halides is 1. The Hall–Kier alpha value is -3.08. The van der Waals surface area contributed by atoms with E-state index in [0.29, 0.717) is 11.3 Å². The van der Waals surface area contributed by atoms with Crippen molar-refractivity contribution in [2.45, 2.75) is 0 Å². The summed E-state index contributed by atoms with van der Waals surface area (Å²) in [4.78, 5) is 14.8. The summed E-state index contributed by atoms with van der Waals surface area (Å²) in [5, 5.41) is 8.96. The average Bonchev–Trinajstić information content (AvgIpc) is 2.95. The number of rotatable bonds is 5. The number of methoxy groups -OCH3 is 1. The molecule has 2 rings (SSSR count). The number of carbonyl (C=O) groups is 1. The normalized spacial score (nSPS) is 9.76. The molecule has 21 heavy (non-hydrogen) atoms. The fourth-order valence-electron chi connectivity index (χ4n) is 1.50. The molecule has 1 amide bonds. The van der Waals surface area contributed by atoms with Gasteiger partial charge in [0, 0.05) is 5.56 Å². The zero-order valence-electron chi connectivity index (χ0n) is 11.0. The Morgan fingerprint density at radius 1 is 1.48 bits per heavy atom. The van der Waals surface area contributed by atoms with Gasteiger partial charge in [-0.15, -0.1) is 0 Å². The number of benzene rings is 1. The van der Waals surface area contributed by atoms with Crippen LogP contribution in [0.25, 0.3) is 11.5 Å². The molecule has 0 aliphatic heterocycles. The van der Waals surface area contributed by atoms with Crippen molar-refractivity contribution < 1.29 is 18.3 Å². The lowest BCUT2D eigenvalue weighted by atomic mass is 10.2. The predicted octanol–water partition coefficient (Wildman–Crippen LogP) is 1.63. The summed E-state index contributed by atoms with van der Waals surface area (Å²) in [7, 11) is 1.55. The van der Waals surface area contributed by atoms with Crippen LogP contribution >= 0.6 is 0 Å². The van der Waals surface area contributed by atoms with E-state index in [0.717, 1.165) is 0 Å². The highest BCUT2D eigenvalue weighted by molar-refractivity contribution is 5.78. The van der Waals surface area contributed by atoms with E-state index in [-0.39, 0.29) is 17.5 Å². The van der Waals surface area contributed by atoms with Gasteiger partial charge in [-0.05, 0) is 24.3 Å². The first kappa shape index (κ1) is 14.3. The number of oxazole rings is 1. The van der Waals surface area contributed by atoms with Crippen LogP contribution in [0.15, 0.2) is 28.7 Å². The van der Waals surface area contributed by atoms with Crippen molar-refractivity contribution in [2.24, 2.45) is 0 Å². The number of anilines is 1.